The molecule has 1 aromatic rings. The monoisotopic (exact) mass is 279 g/mol. The van der Waals surface area contributed by atoms with E-state index >= 15 is 0 Å². The van der Waals surface area contributed by atoms with E-state index in [1.807, 2.05) is 0 Å². The highest BCUT2D eigenvalue weighted by atomic mass is 19.1. The second-order valence-electron chi connectivity index (χ2n) is 6.25. The fraction of sp³-hybridized carbons (Fsp3) is 0.625. The molecule has 1 aliphatic heterocycles. The minimum atomic E-state index is -0.146. The normalized spacial score (nSPS) is 19.4. The second-order valence-corrected chi connectivity index (χ2v) is 6.25. The number of nitrogens with one attached hydrogen (secondary N) is 1. The summed E-state index contributed by atoms with van der Waals surface area (Å²) in [5.41, 5.74) is 2.13. The van der Waals surface area contributed by atoms with Crippen molar-refractivity contribution < 1.29 is 4.39 Å². The maximum atomic E-state index is 13.8. The SMILES string of the molecule is CCNCc1cc(F)cc(N2CCN(C)C(C)(C)C2)c1. The molecule has 2 rings (SSSR count). The highest BCUT2D eigenvalue weighted by Crippen LogP contribution is 2.26. The second kappa shape index (κ2) is 6.10. The molecule has 0 aliphatic carbocycles. The molecule has 1 heterocycles. The number of hydrogen-bond acceptors (Lipinski definition) is 3. The maximum Gasteiger partial charge on any atom is 0.125 e. The van der Waals surface area contributed by atoms with Crippen molar-refractivity contribution >= 4 is 5.69 Å². The smallest absolute Gasteiger partial charge is 0.125 e. The Balaban J connectivity index is 2.17. The first-order valence-corrected chi connectivity index (χ1v) is 7.39. The zero-order valence-electron chi connectivity index (χ0n) is 13.0. The lowest BCUT2D eigenvalue weighted by Gasteiger charge is -2.46. The number of hydrogen-bond donors (Lipinski definition) is 1. The van der Waals surface area contributed by atoms with Gasteiger partial charge < -0.3 is 10.2 Å². The fourth-order valence-electron chi connectivity index (χ4n) is 2.65. The van der Waals surface area contributed by atoms with Crippen LogP contribution < -0.4 is 10.2 Å². The first-order valence-electron chi connectivity index (χ1n) is 7.39. The Labute approximate surface area is 121 Å². The van der Waals surface area contributed by atoms with Crippen molar-refractivity contribution in [2.75, 3.05) is 38.1 Å². The molecule has 0 spiro atoms. The van der Waals surface area contributed by atoms with Crippen LogP contribution in [0.4, 0.5) is 10.1 Å². The van der Waals surface area contributed by atoms with E-state index in [4.69, 9.17) is 0 Å². The fourth-order valence-corrected chi connectivity index (χ4v) is 2.65. The van der Waals surface area contributed by atoms with Gasteiger partial charge in [-0.3, -0.25) is 4.90 Å². The van der Waals surface area contributed by atoms with Crippen LogP contribution in [0.25, 0.3) is 0 Å². The standard InChI is InChI=1S/C16H26FN3/c1-5-18-11-13-8-14(17)10-15(9-13)20-7-6-19(4)16(2,3)12-20/h8-10,18H,5-7,11-12H2,1-4H3. The summed E-state index contributed by atoms with van der Waals surface area (Å²) in [6, 6.07) is 5.37. The minimum Gasteiger partial charge on any atom is -0.368 e. The van der Waals surface area contributed by atoms with E-state index < -0.39 is 0 Å². The van der Waals surface area contributed by atoms with E-state index in [9.17, 15) is 4.39 Å². The average Bonchev–Trinajstić information content (AvgIpc) is 2.39. The Morgan fingerprint density at radius 3 is 2.65 bits per heavy atom. The molecule has 4 heteroatoms. The minimum absolute atomic E-state index is 0.117. The van der Waals surface area contributed by atoms with Gasteiger partial charge in [-0.1, -0.05) is 6.92 Å². The van der Waals surface area contributed by atoms with Gasteiger partial charge in [0, 0.05) is 37.4 Å². The summed E-state index contributed by atoms with van der Waals surface area (Å²) in [5.74, 6) is -0.146. The molecule has 0 aromatic heterocycles. The summed E-state index contributed by atoms with van der Waals surface area (Å²) >= 11 is 0. The first-order chi connectivity index (χ1) is 9.42. The van der Waals surface area contributed by atoms with Gasteiger partial charge in [0.1, 0.15) is 5.82 Å². The quantitative estimate of drug-likeness (QED) is 0.913. The Hall–Kier alpha value is -1.13. The Morgan fingerprint density at radius 2 is 2.00 bits per heavy atom. The van der Waals surface area contributed by atoms with Gasteiger partial charge in [0.2, 0.25) is 0 Å². The number of halogens is 1. The van der Waals surface area contributed by atoms with Gasteiger partial charge in [-0.2, -0.15) is 0 Å². The van der Waals surface area contributed by atoms with Crippen LogP contribution in [0.1, 0.15) is 26.3 Å². The van der Waals surface area contributed by atoms with Crippen molar-refractivity contribution in [1.29, 1.82) is 0 Å². The van der Waals surface area contributed by atoms with Crippen molar-refractivity contribution in [3.8, 4) is 0 Å². The van der Waals surface area contributed by atoms with Gasteiger partial charge in [0.05, 0.1) is 0 Å². The van der Waals surface area contributed by atoms with Gasteiger partial charge in [-0.15, -0.1) is 0 Å². The van der Waals surface area contributed by atoms with Crippen LogP contribution in [0.5, 0.6) is 0 Å². The van der Waals surface area contributed by atoms with Crippen LogP contribution in [-0.4, -0.2) is 43.7 Å². The number of anilines is 1. The third kappa shape index (κ3) is 3.49. The molecule has 0 radical (unpaired) electrons. The summed E-state index contributed by atoms with van der Waals surface area (Å²) < 4.78 is 13.8. The van der Waals surface area contributed by atoms with E-state index in [0.717, 1.165) is 44.0 Å². The lowest BCUT2D eigenvalue weighted by Crippen LogP contribution is -2.57. The van der Waals surface area contributed by atoms with Crippen LogP contribution >= 0.6 is 0 Å². The third-order valence-electron chi connectivity index (χ3n) is 4.20. The van der Waals surface area contributed by atoms with E-state index in [2.05, 4.69) is 49.0 Å². The summed E-state index contributed by atoms with van der Waals surface area (Å²) in [7, 11) is 2.15. The van der Waals surface area contributed by atoms with Crippen molar-refractivity contribution in [1.82, 2.24) is 10.2 Å². The van der Waals surface area contributed by atoms with Crippen LogP contribution in [0.3, 0.4) is 0 Å². The lowest BCUT2D eigenvalue weighted by atomic mass is 9.99. The first kappa shape index (κ1) is 15.3. The molecule has 0 saturated carbocycles. The van der Waals surface area contributed by atoms with Gasteiger partial charge in [-0.05, 0) is 51.2 Å². The highest BCUT2D eigenvalue weighted by molar-refractivity contribution is 5.50. The summed E-state index contributed by atoms with van der Waals surface area (Å²) in [6.45, 7) is 11.0. The van der Waals surface area contributed by atoms with E-state index in [0.29, 0.717) is 0 Å². The van der Waals surface area contributed by atoms with Crippen molar-refractivity contribution in [3.05, 3.63) is 29.6 Å². The van der Waals surface area contributed by atoms with Gasteiger partial charge in [-0.25, -0.2) is 4.39 Å². The highest BCUT2D eigenvalue weighted by Gasteiger charge is 2.31. The molecule has 1 N–H and O–H groups in total. The maximum absolute atomic E-state index is 13.8. The molecule has 0 bridgehead atoms. The van der Waals surface area contributed by atoms with Crippen molar-refractivity contribution in [3.63, 3.8) is 0 Å². The summed E-state index contributed by atoms with van der Waals surface area (Å²) in [5, 5.41) is 3.25. The molecule has 0 amide bonds. The molecule has 0 unspecified atom stereocenters. The van der Waals surface area contributed by atoms with Crippen molar-refractivity contribution in [2.24, 2.45) is 0 Å². The Kier molecular flexibility index (Phi) is 4.66. The lowest BCUT2D eigenvalue weighted by molar-refractivity contribution is 0.139. The number of likely N-dealkylation sites (N-methyl/N-ethyl adjacent to an activating group) is 1. The molecule has 1 saturated heterocycles. The molecule has 20 heavy (non-hydrogen) atoms. The van der Waals surface area contributed by atoms with Crippen molar-refractivity contribution in [2.45, 2.75) is 32.9 Å². The zero-order chi connectivity index (χ0) is 14.8. The largest absolute Gasteiger partial charge is 0.368 e. The summed E-state index contributed by atoms with van der Waals surface area (Å²) in [4.78, 5) is 4.65. The number of benzene rings is 1. The Morgan fingerprint density at radius 1 is 1.25 bits per heavy atom. The summed E-state index contributed by atoms with van der Waals surface area (Å²) in [6.07, 6.45) is 0. The molecule has 112 valence electrons. The molecule has 1 aromatic carbocycles. The number of nitrogens with zero attached hydrogens (tertiary/aromatic N) is 2. The van der Waals surface area contributed by atoms with Crippen LogP contribution in [0, 0.1) is 5.82 Å². The predicted octanol–water partition coefficient (Wildman–Crippen LogP) is 2.47. The molecular weight excluding hydrogens is 253 g/mol. The molecule has 3 nitrogen and oxygen atoms in total. The Bertz CT molecular complexity index is 459. The van der Waals surface area contributed by atoms with Crippen LogP contribution in [-0.2, 0) is 6.54 Å². The number of rotatable bonds is 4. The van der Waals surface area contributed by atoms with Gasteiger partial charge >= 0.3 is 0 Å². The van der Waals surface area contributed by atoms with Gasteiger partial charge in [0.15, 0.2) is 0 Å². The van der Waals surface area contributed by atoms with E-state index in [-0.39, 0.29) is 11.4 Å². The zero-order valence-corrected chi connectivity index (χ0v) is 13.0. The van der Waals surface area contributed by atoms with E-state index in [1.165, 1.54) is 0 Å². The van der Waals surface area contributed by atoms with Gasteiger partial charge in [0.25, 0.3) is 0 Å². The predicted molar refractivity (Wildman–Crippen MR) is 82.7 cm³/mol. The molecular formula is C16H26FN3. The van der Waals surface area contributed by atoms with Crippen LogP contribution in [0.2, 0.25) is 0 Å². The average molecular weight is 279 g/mol. The topological polar surface area (TPSA) is 18.5 Å². The number of piperazine rings is 1. The van der Waals surface area contributed by atoms with Crippen LogP contribution in [0.15, 0.2) is 18.2 Å². The molecule has 0 atom stereocenters. The third-order valence-corrected chi connectivity index (χ3v) is 4.20. The van der Waals surface area contributed by atoms with E-state index in [1.54, 1.807) is 12.1 Å². The molecule has 1 aliphatic rings. The molecule has 1 fully saturated rings.